The molecule has 0 atom stereocenters. The van der Waals surface area contributed by atoms with Gasteiger partial charge >= 0.3 is 5.97 Å². The first-order valence-corrected chi connectivity index (χ1v) is 5.48. The van der Waals surface area contributed by atoms with Crippen LogP contribution in [0.3, 0.4) is 0 Å². The minimum absolute atomic E-state index is 0.289. The van der Waals surface area contributed by atoms with Gasteiger partial charge in [0.1, 0.15) is 11.3 Å². The maximum atomic E-state index is 11.8. The summed E-state index contributed by atoms with van der Waals surface area (Å²) < 4.78 is 6.02. The molecule has 98 valence electrons. The highest BCUT2D eigenvalue weighted by Gasteiger charge is 2.18. The summed E-state index contributed by atoms with van der Waals surface area (Å²) in [6.45, 7) is 0. The molecule has 1 aromatic heterocycles. The number of aromatic carboxylic acids is 1. The Kier molecular flexibility index (Phi) is 3.33. The number of carboxylic acids is 1. The monoisotopic (exact) mass is 260 g/mol. The van der Waals surface area contributed by atoms with Gasteiger partial charge in [0, 0.05) is 12.6 Å². The predicted octanol–water partition coefficient (Wildman–Crippen LogP) is 1.15. The summed E-state index contributed by atoms with van der Waals surface area (Å²) in [6, 6.07) is 6.75. The summed E-state index contributed by atoms with van der Waals surface area (Å²) >= 11 is 0. The van der Waals surface area contributed by atoms with Gasteiger partial charge in [-0.25, -0.2) is 9.48 Å². The third kappa shape index (κ3) is 2.33. The van der Waals surface area contributed by atoms with Gasteiger partial charge in [-0.3, -0.25) is 4.79 Å². The molecule has 0 saturated heterocycles. The van der Waals surface area contributed by atoms with E-state index in [1.807, 2.05) is 0 Å². The molecule has 0 aliphatic heterocycles. The number of methoxy groups -OCH3 is 1. The van der Waals surface area contributed by atoms with Crippen molar-refractivity contribution in [2.24, 2.45) is 7.05 Å². The first-order valence-electron chi connectivity index (χ1n) is 5.48. The SMILES string of the molecule is COc1ccc(-c2cnn(C)c(=O)c2C(=O)O)cc1. The maximum absolute atomic E-state index is 11.8. The minimum atomic E-state index is -1.27. The van der Waals surface area contributed by atoms with Crippen molar-refractivity contribution in [1.29, 1.82) is 0 Å². The number of benzene rings is 1. The zero-order chi connectivity index (χ0) is 14.0. The van der Waals surface area contributed by atoms with E-state index in [1.165, 1.54) is 20.4 Å². The highest BCUT2D eigenvalue weighted by Crippen LogP contribution is 2.23. The molecule has 6 heteroatoms. The molecule has 0 spiro atoms. The molecule has 0 saturated carbocycles. The second kappa shape index (κ2) is 4.93. The highest BCUT2D eigenvalue weighted by atomic mass is 16.5. The van der Waals surface area contributed by atoms with E-state index >= 15 is 0 Å². The summed E-state index contributed by atoms with van der Waals surface area (Å²) in [4.78, 5) is 23.0. The van der Waals surface area contributed by atoms with Crippen LogP contribution < -0.4 is 10.3 Å². The molecular weight excluding hydrogens is 248 g/mol. The van der Waals surface area contributed by atoms with Crippen LogP contribution in [0.25, 0.3) is 11.1 Å². The largest absolute Gasteiger partial charge is 0.497 e. The molecule has 0 radical (unpaired) electrons. The van der Waals surface area contributed by atoms with E-state index in [0.29, 0.717) is 16.9 Å². The van der Waals surface area contributed by atoms with Crippen molar-refractivity contribution in [3.63, 3.8) is 0 Å². The van der Waals surface area contributed by atoms with Crippen molar-refractivity contribution in [3.8, 4) is 16.9 Å². The fourth-order valence-electron chi connectivity index (χ4n) is 1.73. The van der Waals surface area contributed by atoms with E-state index in [4.69, 9.17) is 9.84 Å². The Morgan fingerprint density at radius 3 is 2.47 bits per heavy atom. The van der Waals surface area contributed by atoms with Gasteiger partial charge < -0.3 is 9.84 Å². The lowest BCUT2D eigenvalue weighted by Gasteiger charge is -2.07. The zero-order valence-corrected chi connectivity index (χ0v) is 10.5. The lowest BCUT2D eigenvalue weighted by Crippen LogP contribution is -2.27. The minimum Gasteiger partial charge on any atom is -0.497 e. The fraction of sp³-hybridized carbons (Fsp3) is 0.154. The Morgan fingerprint density at radius 2 is 1.95 bits per heavy atom. The van der Waals surface area contributed by atoms with Crippen molar-refractivity contribution in [2.75, 3.05) is 7.11 Å². The number of rotatable bonds is 3. The fourth-order valence-corrected chi connectivity index (χ4v) is 1.73. The Bertz CT molecular complexity index is 674. The first-order chi connectivity index (χ1) is 9.04. The Balaban J connectivity index is 2.64. The van der Waals surface area contributed by atoms with E-state index in [-0.39, 0.29) is 5.56 Å². The van der Waals surface area contributed by atoms with Gasteiger partial charge in [-0.05, 0) is 17.7 Å². The van der Waals surface area contributed by atoms with E-state index in [2.05, 4.69) is 5.10 Å². The van der Waals surface area contributed by atoms with Crippen LogP contribution in [-0.4, -0.2) is 28.0 Å². The second-order valence-electron chi connectivity index (χ2n) is 3.90. The molecular formula is C13H12N2O4. The molecule has 0 amide bonds. The van der Waals surface area contributed by atoms with E-state index < -0.39 is 11.5 Å². The van der Waals surface area contributed by atoms with Gasteiger partial charge in [0.2, 0.25) is 0 Å². The topological polar surface area (TPSA) is 81.4 Å². The van der Waals surface area contributed by atoms with Gasteiger partial charge in [0.15, 0.2) is 0 Å². The molecule has 2 rings (SSSR count). The lowest BCUT2D eigenvalue weighted by molar-refractivity contribution is 0.0694. The van der Waals surface area contributed by atoms with Crippen LogP contribution in [0.2, 0.25) is 0 Å². The first kappa shape index (κ1) is 12.8. The molecule has 6 nitrogen and oxygen atoms in total. The van der Waals surface area contributed by atoms with Gasteiger partial charge in [0.25, 0.3) is 5.56 Å². The van der Waals surface area contributed by atoms with Crippen LogP contribution in [0.15, 0.2) is 35.3 Å². The molecule has 0 aliphatic rings. The molecule has 0 bridgehead atoms. The second-order valence-corrected chi connectivity index (χ2v) is 3.90. The summed E-state index contributed by atoms with van der Waals surface area (Å²) in [5.74, 6) is -0.619. The zero-order valence-electron chi connectivity index (χ0n) is 10.5. The third-order valence-corrected chi connectivity index (χ3v) is 2.75. The number of hydrogen-bond donors (Lipinski definition) is 1. The molecule has 1 heterocycles. The number of carbonyl (C=O) groups is 1. The molecule has 0 fully saturated rings. The van der Waals surface area contributed by atoms with Crippen molar-refractivity contribution >= 4 is 5.97 Å². The van der Waals surface area contributed by atoms with Crippen LogP contribution >= 0.6 is 0 Å². The predicted molar refractivity (Wildman–Crippen MR) is 68.4 cm³/mol. The molecule has 0 unspecified atom stereocenters. The van der Waals surface area contributed by atoms with Gasteiger partial charge in [-0.2, -0.15) is 5.10 Å². The van der Waals surface area contributed by atoms with Crippen LogP contribution in [0.1, 0.15) is 10.4 Å². The molecule has 19 heavy (non-hydrogen) atoms. The average Bonchev–Trinajstić information content (AvgIpc) is 2.41. The van der Waals surface area contributed by atoms with Crippen molar-refractivity contribution in [2.45, 2.75) is 0 Å². The summed E-state index contributed by atoms with van der Waals surface area (Å²) in [5.41, 5.74) is -0.0369. The maximum Gasteiger partial charge on any atom is 0.342 e. The molecule has 1 aromatic carbocycles. The normalized spacial score (nSPS) is 10.2. The van der Waals surface area contributed by atoms with Crippen LogP contribution in [0, 0.1) is 0 Å². The van der Waals surface area contributed by atoms with Crippen LogP contribution in [-0.2, 0) is 7.05 Å². The molecule has 2 aromatic rings. The quantitative estimate of drug-likeness (QED) is 0.895. The van der Waals surface area contributed by atoms with E-state index in [1.54, 1.807) is 24.3 Å². The Labute approximate surface area is 108 Å². The lowest BCUT2D eigenvalue weighted by atomic mass is 10.0. The average molecular weight is 260 g/mol. The van der Waals surface area contributed by atoms with Crippen LogP contribution in [0.4, 0.5) is 0 Å². The standard InChI is InChI=1S/C13H12N2O4/c1-15-12(16)11(13(17)18)10(7-14-15)8-3-5-9(19-2)6-4-8/h3-7H,1-2H3,(H,17,18). The summed E-state index contributed by atoms with van der Waals surface area (Å²) in [7, 11) is 2.95. The molecule has 0 aliphatic carbocycles. The van der Waals surface area contributed by atoms with Gasteiger partial charge in [-0.15, -0.1) is 0 Å². The molecule has 1 N–H and O–H groups in total. The van der Waals surface area contributed by atoms with Crippen molar-refractivity contribution in [3.05, 3.63) is 46.4 Å². The Morgan fingerprint density at radius 1 is 1.32 bits per heavy atom. The van der Waals surface area contributed by atoms with Gasteiger partial charge in [-0.1, -0.05) is 12.1 Å². The summed E-state index contributed by atoms with van der Waals surface area (Å²) in [6.07, 6.45) is 1.37. The van der Waals surface area contributed by atoms with Crippen molar-refractivity contribution < 1.29 is 14.6 Å². The number of ether oxygens (including phenoxy) is 1. The Hall–Kier alpha value is -2.63. The number of nitrogens with zero attached hydrogens (tertiary/aromatic N) is 2. The van der Waals surface area contributed by atoms with Gasteiger partial charge in [0.05, 0.1) is 13.3 Å². The number of aromatic nitrogens is 2. The number of carboxylic acid groups (broad SMARTS) is 1. The van der Waals surface area contributed by atoms with Crippen molar-refractivity contribution in [1.82, 2.24) is 9.78 Å². The number of hydrogen-bond acceptors (Lipinski definition) is 4. The smallest absolute Gasteiger partial charge is 0.342 e. The van der Waals surface area contributed by atoms with E-state index in [9.17, 15) is 9.59 Å². The number of aryl methyl sites for hydroxylation is 1. The highest BCUT2D eigenvalue weighted by molar-refractivity contribution is 5.95. The van der Waals surface area contributed by atoms with Crippen LogP contribution in [0.5, 0.6) is 5.75 Å². The summed E-state index contributed by atoms with van der Waals surface area (Å²) in [5, 5.41) is 13.0. The van der Waals surface area contributed by atoms with E-state index in [0.717, 1.165) is 4.68 Å². The third-order valence-electron chi connectivity index (χ3n) is 2.75.